The summed E-state index contributed by atoms with van der Waals surface area (Å²) in [5, 5.41) is 11.3. The molecule has 1 aliphatic rings. The van der Waals surface area contributed by atoms with Gasteiger partial charge in [0.1, 0.15) is 23.2 Å². The standard InChI is InChI=1S/C34H31Cl2FN4O3/c1-6-31(42)39-11-12-40(20(4)18-39)33-24-15-26(35)23(32-27(36)13-21(44-5)14-28(32)37)16-30(24)41(34(43)25(33)17-38)29-10-8-7-9-22(29)19(2)3/h6-10,13-16,19-20H,1,11-12,18H2,2-5H3/t20-/m0/s1. The number of carbonyl (C=O) groups is 1. The average Bonchev–Trinajstić information content (AvgIpc) is 3.00. The Balaban J connectivity index is 1.88. The molecule has 2 heterocycles. The number of benzene rings is 3. The third-order valence-corrected chi connectivity index (χ3v) is 8.68. The first-order valence-electron chi connectivity index (χ1n) is 14.1. The second-order valence-electron chi connectivity index (χ2n) is 11.0. The predicted octanol–water partition coefficient (Wildman–Crippen LogP) is 7.33. The van der Waals surface area contributed by atoms with Gasteiger partial charge in [0.05, 0.1) is 29.0 Å². The summed E-state index contributed by atoms with van der Waals surface area (Å²) in [4.78, 5) is 30.4. The maximum Gasteiger partial charge on any atom is 0.275 e. The molecule has 0 saturated carbocycles. The van der Waals surface area contributed by atoms with Crippen LogP contribution in [-0.4, -0.2) is 48.2 Å². The maximum absolute atomic E-state index is 15.5. The molecule has 7 nitrogen and oxygen atoms in total. The molecule has 5 rings (SSSR count). The van der Waals surface area contributed by atoms with Crippen molar-refractivity contribution < 1.29 is 13.9 Å². The number of hydrogen-bond acceptors (Lipinski definition) is 5. The molecule has 1 fully saturated rings. The molecule has 0 bridgehead atoms. The number of nitriles is 1. The summed E-state index contributed by atoms with van der Waals surface area (Å²) in [6.07, 6.45) is 1.27. The number of hydrogen-bond donors (Lipinski definition) is 0. The van der Waals surface area contributed by atoms with E-state index in [1.807, 2.05) is 49.9 Å². The molecule has 3 aromatic carbocycles. The van der Waals surface area contributed by atoms with Crippen LogP contribution in [0.15, 0.2) is 66.0 Å². The summed E-state index contributed by atoms with van der Waals surface area (Å²) in [5.74, 6) is -0.528. The summed E-state index contributed by atoms with van der Waals surface area (Å²) < 4.78 is 22.2. The number of rotatable bonds is 6. The highest BCUT2D eigenvalue weighted by molar-refractivity contribution is 6.37. The Hall–Kier alpha value is -4.32. The molecule has 0 N–H and O–H groups in total. The van der Waals surface area contributed by atoms with E-state index in [4.69, 9.17) is 27.9 Å². The van der Waals surface area contributed by atoms with E-state index < -0.39 is 11.4 Å². The first-order chi connectivity index (χ1) is 21.0. The largest absolute Gasteiger partial charge is 0.497 e. The van der Waals surface area contributed by atoms with Crippen LogP contribution in [0.5, 0.6) is 5.75 Å². The molecular formula is C34H31Cl2FN4O3. The monoisotopic (exact) mass is 632 g/mol. The molecule has 1 aliphatic heterocycles. The van der Waals surface area contributed by atoms with Crippen LogP contribution < -0.4 is 15.2 Å². The van der Waals surface area contributed by atoms with Gasteiger partial charge in [-0.3, -0.25) is 14.2 Å². The quantitative estimate of drug-likeness (QED) is 0.208. The van der Waals surface area contributed by atoms with Gasteiger partial charge in [0, 0.05) is 53.3 Å². The lowest BCUT2D eigenvalue weighted by Gasteiger charge is -2.41. The second-order valence-corrected chi connectivity index (χ2v) is 11.8. The number of ether oxygens (including phenoxy) is 1. The Bertz CT molecular complexity index is 1890. The maximum atomic E-state index is 15.5. The number of para-hydroxylation sites is 1. The second kappa shape index (κ2) is 12.4. The van der Waals surface area contributed by atoms with Gasteiger partial charge in [-0.25, -0.2) is 4.39 Å². The molecule has 1 aromatic heterocycles. The van der Waals surface area contributed by atoms with Gasteiger partial charge >= 0.3 is 0 Å². The van der Waals surface area contributed by atoms with Crippen molar-refractivity contribution in [3.05, 3.63) is 98.5 Å². The van der Waals surface area contributed by atoms with Crippen molar-refractivity contribution in [2.24, 2.45) is 0 Å². The van der Waals surface area contributed by atoms with Crippen LogP contribution in [0, 0.1) is 17.1 Å². The summed E-state index contributed by atoms with van der Waals surface area (Å²) in [7, 11) is 1.42. The molecule has 0 unspecified atom stereocenters. The fourth-order valence-electron chi connectivity index (χ4n) is 5.95. The van der Waals surface area contributed by atoms with E-state index in [-0.39, 0.29) is 50.4 Å². The molecule has 0 spiro atoms. The summed E-state index contributed by atoms with van der Waals surface area (Å²) in [5.41, 5.74) is 2.11. The minimum atomic E-state index is -0.641. The molecule has 10 heteroatoms. The fourth-order valence-corrected chi connectivity index (χ4v) is 6.50. The Morgan fingerprint density at radius 2 is 1.89 bits per heavy atom. The molecule has 1 amide bonds. The zero-order valence-electron chi connectivity index (χ0n) is 24.8. The lowest BCUT2D eigenvalue weighted by atomic mass is 9.97. The van der Waals surface area contributed by atoms with Crippen molar-refractivity contribution in [3.63, 3.8) is 0 Å². The van der Waals surface area contributed by atoms with Crippen LogP contribution in [0.4, 0.5) is 10.1 Å². The number of fused-ring (bicyclic) bond motifs is 1. The van der Waals surface area contributed by atoms with Gasteiger partial charge in [-0.2, -0.15) is 5.26 Å². The van der Waals surface area contributed by atoms with Crippen LogP contribution in [0.25, 0.3) is 27.7 Å². The molecule has 226 valence electrons. The molecular weight excluding hydrogens is 602 g/mol. The minimum absolute atomic E-state index is 0.0501. The smallest absolute Gasteiger partial charge is 0.275 e. The summed E-state index contributed by atoms with van der Waals surface area (Å²) >= 11 is 13.5. The van der Waals surface area contributed by atoms with Gasteiger partial charge < -0.3 is 14.5 Å². The minimum Gasteiger partial charge on any atom is -0.497 e. The van der Waals surface area contributed by atoms with Crippen molar-refractivity contribution in [2.75, 3.05) is 31.6 Å². The van der Waals surface area contributed by atoms with Crippen LogP contribution in [0.3, 0.4) is 0 Å². The highest BCUT2D eigenvalue weighted by atomic mass is 35.5. The van der Waals surface area contributed by atoms with Gasteiger partial charge in [-0.15, -0.1) is 0 Å². The van der Waals surface area contributed by atoms with E-state index in [1.54, 1.807) is 17.0 Å². The zero-order chi connectivity index (χ0) is 31.9. The Kier molecular flexibility index (Phi) is 8.73. The van der Waals surface area contributed by atoms with Gasteiger partial charge in [0.2, 0.25) is 5.91 Å². The van der Waals surface area contributed by atoms with Crippen molar-refractivity contribution in [1.82, 2.24) is 9.47 Å². The normalized spacial score (nSPS) is 15.0. The Morgan fingerprint density at radius 1 is 1.16 bits per heavy atom. The van der Waals surface area contributed by atoms with E-state index >= 15 is 4.39 Å². The number of anilines is 1. The first kappa shape index (κ1) is 31.1. The van der Waals surface area contributed by atoms with E-state index in [1.165, 1.54) is 29.9 Å². The Morgan fingerprint density at radius 3 is 2.50 bits per heavy atom. The fraction of sp³-hybridized carbons (Fsp3) is 0.265. The predicted molar refractivity (Wildman–Crippen MR) is 174 cm³/mol. The first-order valence-corrected chi connectivity index (χ1v) is 14.9. The third kappa shape index (κ3) is 5.31. The number of halogens is 3. The van der Waals surface area contributed by atoms with Crippen LogP contribution in [0.1, 0.15) is 37.8 Å². The average molecular weight is 634 g/mol. The molecule has 0 radical (unpaired) electrons. The van der Waals surface area contributed by atoms with Crippen LogP contribution in [0.2, 0.25) is 10.0 Å². The lowest BCUT2D eigenvalue weighted by Crippen LogP contribution is -2.54. The number of pyridine rings is 1. The topological polar surface area (TPSA) is 78.6 Å². The summed E-state index contributed by atoms with van der Waals surface area (Å²) in [6.45, 7) is 10.7. The summed E-state index contributed by atoms with van der Waals surface area (Å²) in [6, 6.07) is 15.4. The lowest BCUT2D eigenvalue weighted by molar-refractivity contribution is -0.126. The highest BCUT2D eigenvalue weighted by Gasteiger charge is 2.32. The number of amides is 1. The molecule has 1 atom stereocenters. The SMILES string of the molecule is C=CC(=O)N1CCN(c2c(C#N)c(=O)n(-c3ccccc3C(C)C)c3cc(-c4c(F)cc(OC)cc4Cl)c(Cl)cc23)[C@@H](C)C1. The molecule has 4 aromatic rings. The van der Waals surface area contributed by atoms with Crippen molar-refractivity contribution >= 4 is 45.7 Å². The molecule has 44 heavy (non-hydrogen) atoms. The number of aromatic nitrogens is 1. The van der Waals surface area contributed by atoms with E-state index in [9.17, 15) is 14.9 Å². The Labute approximate surface area is 265 Å². The van der Waals surface area contributed by atoms with E-state index in [2.05, 4.69) is 12.6 Å². The van der Waals surface area contributed by atoms with Crippen molar-refractivity contribution in [1.29, 1.82) is 5.26 Å². The number of carbonyl (C=O) groups excluding carboxylic acids is 1. The van der Waals surface area contributed by atoms with Crippen molar-refractivity contribution in [3.8, 4) is 28.6 Å². The van der Waals surface area contributed by atoms with Crippen LogP contribution >= 0.6 is 23.2 Å². The highest BCUT2D eigenvalue weighted by Crippen LogP contribution is 2.43. The van der Waals surface area contributed by atoms with Gasteiger partial charge in [-0.05, 0) is 48.7 Å². The zero-order valence-corrected chi connectivity index (χ0v) is 26.3. The van der Waals surface area contributed by atoms with Gasteiger partial charge in [-0.1, -0.05) is 61.8 Å². The molecule has 0 aliphatic carbocycles. The van der Waals surface area contributed by atoms with Gasteiger partial charge in [0.25, 0.3) is 5.56 Å². The molecule has 1 saturated heterocycles. The van der Waals surface area contributed by atoms with Gasteiger partial charge in [0.15, 0.2) is 0 Å². The van der Waals surface area contributed by atoms with Crippen molar-refractivity contribution in [2.45, 2.75) is 32.7 Å². The third-order valence-electron chi connectivity index (χ3n) is 8.07. The van der Waals surface area contributed by atoms with Crippen LogP contribution in [-0.2, 0) is 4.79 Å². The number of methoxy groups -OCH3 is 1. The van der Waals surface area contributed by atoms with E-state index in [0.29, 0.717) is 41.9 Å². The van der Waals surface area contributed by atoms with E-state index in [0.717, 1.165) is 5.56 Å². The number of nitrogens with zero attached hydrogens (tertiary/aromatic N) is 4. The number of piperazine rings is 1.